The summed E-state index contributed by atoms with van der Waals surface area (Å²) in [5, 5.41) is 10.1. The molecule has 0 saturated carbocycles. The molecule has 2 heterocycles. The average Bonchev–Trinajstić information content (AvgIpc) is 2.97. The molecule has 0 saturated heterocycles. The van der Waals surface area contributed by atoms with Crippen molar-refractivity contribution in [2.24, 2.45) is 10.2 Å². The van der Waals surface area contributed by atoms with Gasteiger partial charge in [0.15, 0.2) is 5.69 Å². The Kier molecular flexibility index (Phi) is 3.69. The summed E-state index contributed by atoms with van der Waals surface area (Å²) in [5.41, 5.74) is 6.33. The summed E-state index contributed by atoms with van der Waals surface area (Å²) in [7, 11) is 1.67. The molecule has 0 N–H and O–H groups in total. The van der Waals surface area contributed by atoms with E-state index in [4.69, 9.17) is 9.15 Å². The molecule has 0 radical (unpaired) electrons. The minimum absolute atomic E-state index is 0.636. The van der Waals surface area contributed by atoms with E-state index in [2.05, 4.69) is 29.3 Å². The lowest BCUT2D eigenvalue weighted by atomic mass is 10.1. The first-order valence-corrected chi connectivity index (χ1v) is 9.14. The van der Waals surface area contributed by atoms with E-state index in [0.717, 1.165) is 50.6 Å². The Hall–Kier alpha value is -3.60. The van der Waals surface area contributed by atoms with E-state index < -0.39 is 0 Å². The van der Waals surface area contributed by atoms with E-state index in [1.807, 2.05) is 60.4 Å². The zero-order valence-electron chi connectivity index (χ0n) is 15.9. The molecule has 5 rings (SSSR count). The van der Waals surface area contributed by atoms with Gasteiger partial charge in [-0.15, -0.1) is 10.2 Å². The van der Waals surface area contributed by atoms with E-state index in [-0.39, 0.29) is 0 Å². The van der Waals surface area contributed by atoms with Gasteiger partial charge < -0.3 is 9.15 Å². The molecule has 0 bridgehead atoms. The Morgan fingerprint density at radius 1 is 0.857 bits per heavy atom. The molecule has 28 heavy (non-hydrogen) atoms. The molecule has 5 heteroatoms. The number of hydrogen-bond acceptors (Lipinski definition) is 5. The van der Waals surface area contributed by atoms with Crippen LogP contribution in [0.1, 0.15) is 11.1 Å². The normalized spacial score (nSPS) is 12.6. The van der Waals surface area contributed by atoms with E-state index in [9.17, 15) is 0 Å². The maximum atomic E-state index is 6.30. The fourth-order valence-corrected chi connectivity index (χ4v) is 3.60. The molecule has 4 aromatic rings. The molecule has 0 spiro atoms. The van der Waals surface area contributed by atoms with Gasteiger partial charge in [0.2, 0.25) is 5.88 Å². The van der Waals surface area contributed by atoms with Gasteiger partial charge in [-0.3, -0.25) is 4.90 Å². The summed E-state index contributed by atoms with van der Waals surface area (Å²) < 4.78 is 11.9. The van der Waals surface area contributed by atoms with Crippen LogP contribution >= 0.6 is 0 Å². The van der Waals surface area contributed by atoms with Crippen molar-refractivity contribution in [3.05, 3.63) is 71.8 Å². The number of azo groups is 1. The van der Waals surface area contributed by atoms with Crippen molar-refractivity contribution in [2.45, 2.75) is 13.8 Å². The van der Waals surface area contributed by atoms with E-state index in [1.165, 1.54) is 0 Å². The molecular formula is C23H19N3O2. The highest BCUT2D eigenvalue weighted by atomic mass is 16.5. The zero-order valence-corrected chi connectivity index (χ0v) is 15.9. The third-order valence-electron chi connectivity index (χ3n) is 4.96. The van der Waals surface area contributed by atoms with Crippen LogP contribution in [0.4, 0.5) is 28.6 Å². The highest BCUT2D eigenvalue weighted by Crippen LogP contribution is 2.53. The van der Waals surface area contributed by atoms with Gasteiger partial charge in [0.1, 0.15) is 17.0 Å². The van der Waals surface area contributed by atoms with Gasteiger partial charge in [-0.05, 0) is 55.8 Å². The van der Waals surface area contributed by atoms with E-state index in [0.29, 0.717) is 5.88 Å². The van der Waals surface area contributed by atoms with Gasteiger partial charge >= 0.3 is 0 Å². The maximum absolute atomic E-state index is 6.30. The first-order valence-electron chi connectivity index (χ1n) is 9.14. The topological polar surface area (TPSA) is 50.3 Å². The molecule has 3 aromatic carbocycles. The van der Waals surface area contributed by atoms with Crippen molar-refractivity contribution in [1.82, 2.24) is 0 Å². The number of anilines is 3. The second-order valence-electron chi connectivity index (χ2n) is 6.95. The minimum Gasteiger partial charge on any atom is -0.495 e. The van der Waals surface area contributed by atoms with Gasteiger partial charge in [-0.25, -0.2) is 0 Å². The summed E-state index contributed by atoms with van der Waals surface area (Å²) in [6.07, 6.45) is 0. The fraction of sp³-hybridized carbons (Fsp3) is 0.130. The Morgan fingerprint density at radius 3 is 2.50 bits per heavy atom. The molecular weight excluding hydrogens is 350 g/mol. The van der Waals surface area contributed by atoms with Crippen LogP contribution in [0.2, 0.25) is 0 Å². The van der Waals surface area contributed by atoms with Crippen LogP contribution in [0, 0.1) is 13.8 Å². The molecule has 138 valence electrons. The maximum Gasteiger partial charge on any atom is 0.233 e. The number of rotatable bonds is 2. The lowest BCUT2D eigenvalue weighted by Gasteiger charge is -2.24. The highest BCUT2D eigenvalue weighted by Gasteiger charge is 2.29. The monoisotopic (exact) mass is 369 g/mol. The molecule has 1 aliphatic heterocycles. The Bertz CT molecular complexity index is 1240. The summed E-state index contributed by atoms with van der Waals surface area (Å²) in [5.74, 6) is 1.38. The first kappa shape index (κ1) is 16.6. The fourth-order valence-electron chi connectivity index (χ4n) is 3.60. The molecule has 0 amide bonds. The summed E-state index contributed by atoms with van der Waals surface area (Å²) in [6.45, 7) is 4.10. The number of fused-ring (bicyclic) bond motifs is 4. The Balaban J connectivity index is 1.87. The van der Waals surface area contributed by atoms with Crippen molar-refractivity contribution < 1.29 is 9.15 Å². The summed E-state index contributed by atoms with van der Waals surface area (Å²) in [6, 6.07) is 20.1. The third kappa shape index (κ3) is 2.47. The number of nitrogens with zero attached hydrogens (tertiary/aromatic N) is 3. The van der Waals surface area contributed by atoms with Gasteiger partial charge in [0.25, 0.3) is 0 Å². The molecule has 0 atom stereocenters. The lowest BCUT2D eigenvalue weighted by Crippen LogP contribution is -2.10. The van der Waals surface area contributed by atoms with Gasteiger partial charge in [-0.1, -0.05) is 29.8 Å². The SMILES string of the molecule is COc1ccccc1N1c2ccc(C)cc2N=Nc2c1oc1ccc(C)cc21. The lowest BCUT2D eigenvalue weighted by molar-refractivity contribution is 0.415. The molecule has 0 unspecified atom stereocenters. The Labute approximate surface area is 162 Å². The number of aryl methyl sites for hydroxylation is 2. The van der Waals surface area contributed by atoms with Crippen LogP contribution in [-0.4, -0.2) is 7.11 Å². The van der Waals surface area contributed by atoms with Crippen LogP contribution in [-0.2, 0) is 0 Å². The minimum atomic E-state index is 0.636. The molecule has 0 aliphatic carbocycles. The molecule has 1 aliphatic rings. The number of para-hydroxylation sites is 2. The predicted molar refractivity (Wildman–Crippen MR) is 111 cm³/mol. The number of furan rings is 1. The third-order valence-corrected chi connectivity index (χ3v) is 4.96. The van der Waals surface area contributed by atoms with Crippen LogP contribution in [0.3, 0.4) is 0 Å². The number of hydrogen-bond donors (Lipinski definition) is 0. The molecule has 0 fully saturated rings. The second kappa shape index (κ2) is 6.23. The quantitative estimate of drug-likeness (QED) is 0.329. The van der Waals surface area contributed by atoms with Gasteiger partial charge in [0, 0.05) is 0 Å². The Morgan fingerprint density at radius 2 is 1.64 bits per heavy atom. The van der Waals surface area contributed by atoms with Gasteiger partial charge in [0.05, 0.1) is 23.9 Å². The van der Waals surface area contributed by atoms with Gasteiger partial charge in [-0.2, -0.15) is 0 Å². The summed E-state index contributed by atoms with van der Waals surface area (Å²) >= 11 is 0. The zero-order chi connectivity index (χ0) is 19.3. The predicted octanol–water partition coefficient (Wildman–Crippen LogP) is 7.26. The van der Waals surface area contributed by atoms with Crippen LogP contribution in [0.15, 0.2) is 75.3 Å². The van der Waals surface area contributed by atoms with E-state index in [1.54, 1.807) is 7.11 Å². The molecule has 1 aromatic heterocycles. The average molecular weight is 369 g/mol. The number of benzene rings is 3. The largest absolute Gasteiger partial charge is 0.495 e. The number of methoxy groups -OCH3 is 1. The second-order valence-corrected chi connectivity index (χ2v) is 6.95. The van der Waals surface area contributed by atoms with Crippen molar-refractivity contribution in [1.29, 1.82) is 0 Å². The standard InChI is InChI=1S/C23H19N3O2/c1-14-9-11-20-16(12-14)22-23(28-20)26(19-6-4-5-7-21(19)27-3)18-10-8-15(2)13-17(18)24-25-22/h4-13H,1-3H3. The summed E-state index contributed by atoms with van der Waals surface area (Å²) in [4.78, 5) is 2.04. The van der Waals surface area contributed by atoms with E-state index >= 15 is 0 Å². The van der Waals surface area contributed by atoms with Crippen molar-refractivity contribution in [2.75, 3.05) is 12.0 Å². The van der Waals surface area contributed by atoms with Crippen LogP contribution < -0.4 is 9.64 Å². The van der Waals surface area contributed by atoms with Crippen LogP contribution in [0.25, 0.3) is 11.0 Å². The van der Waals surface area contributed by atoms with Crippen molar-refractivity contribution >= 4 is 39.6 Å². The first-order chi connectivity index (χ1) is 13.7. The molecule has 5 nitrogen and oxygen atoms in total. The van der Waals surface area contributed by atoms with Crippen molar-refractivity contribution in [3.8, 4) is 5.75 Å². The van der Waals surface area contributed by atoms with Crippen molar-refractivity contribution in [3.63, 3.8) is 0 Å². The highest BCUT2D eigenvalue weighted by molar-refractivity contribution is 6.01. The van der Waals surface area contributed by atoms with Crippen LogP contribution in [0.5, 0.6) is 5.75 Å². The smallest absolute Gasteiger partial charge is 0.233 e. The number of ether oxygens (including phenoxy) is 1.